The fourth-order valence-corrected chi connectivity index (χ4v) is 5.34. The zero-order chi connectivity index (χ0) is 24.8. The second kappa shape index (κ2) is 11.4. The van der Waals surface area contributed by atoms with Gasteiger partial charge in [0.05, 0.1) is 5.92 Å². The van der Waals surface area contributed by atoms with E-state index in [0.717, 1.165) is 30.4 Å². The highest BCUT2D eigenvalue weighted by Crippen LogP contribution is 2.44. The molecule has 0 saturated heterocycles. The van der Waals surface area contributed by atoms with Gasteiger partial charge in [0.1, 0.15) is 6.61 Å². The molecule has 1 saturated carbocycles. The summed E-state index contributed by atoms with van der Waals surface area (Å²) >= 11 is 0. The molecule has 186 valence electrons. The zero-order valence-corrected chi connectivity index (χ0v) is 20.2. The van der Waals surface area contributed by atoms with Crippen molar-refractivity contribution in [2.45, 2.75) is 57.4 Å². The zero-order valence-electron chi connectivity index (χ0n) is 20.2. The van der Waals surface area contributed by atoms with Crippen molar-refractivity contribution in [2.24, 2.45) is 11.8 Å². The quantitative estimate of drug-likeness (QED) is 0.477. The third-order valence-electron chi connectivity index (χ3n) is 7.15. The Balaban J connectivity index is 1.23. The van der Waals surface area contributed by atoms with Crippen LogP contribution < -0.4 is 10.6 Å². The minimum absolute atomic E-state index is 0.00175. The van der Waals surface area contributed by atoms with Gasteiger partial charge in [-0.25, -0.2) is 4.79 Å². The molecular formula is C28H34N2O5. The summed E-state index contributed by atoms with van der Waals surface area (Å²) < 4.78 is 5.55. The molecule has 0 radical (unpaired) electrons. The van der Waals surface area contributed by atoms with Gasteiger partial charge in [-0.3, -0.25) is 9.59 Å². The molecule has 3 atom stereocenters. The normalized spacial score (nSPS) is 20.1. The highest BCUT2D eigenvalue weighted by atomic mass is 16.5. The van der Waals surface area contributed by atoms with Crippen LogP contribution in [0.3, 0.4) is 0 Å². The fraction of sp³-hybridized carbons (Fsp3) is 0.464. The summed E-state index contributed by atoms with van der Waals surface area (Å²) in [6.45, 7) is 2.43. The molecule has 2 amide bonds. The molecule has 2 aliphatic carbocycles. The third-order valence-corrected chi connectivity index (χ3v) is 7.15. The molecule has 2 aromatic rings. The Labute approximate surface area is 206 Å². The number of carbonyl (C=O) groups excluding carboxylic acids is 2. The number of rotatable bonds is 8. The number of nitrogens with one attached hydrogen (secondary N) is 2. The number of benzene rings is 2. The Hall–Kier alpha value is -3.35. The van der Waals surface area contributed by atoms with Gasteiger partial charge in [-0.15, -0.1) is 0 Å². The molecule has 2 aromatic carbocycles. The van der Waals surface area contributed by atoms with Gasteiger partial charge in [0.15, 0.2) is 0 Å². The number of hydrogen-bond acceptors (Lipinski definition) is 4. The minimum Gasteiger partial charge on any atom is -0.481 e. The Kier molecular flexibility index (Phi) is 8.06. The first-order chi connectivity index (χ1) is 16.9. The molecule has 0 spiro atoms. The molecule has 7 heteroatoms. The van der Waals surface area contributed by atoms with Crippen LogP contribution in [0.1, 0.15) is 62.5 Å². The van der Waals surface area contributed by atoms with Crippen molar-refractivity contribution in [3.05, 3.63) is 59.7 Å². The number of amides is 2. The van der Waals surface area contributed by atoms with Crippen molar-refractivity contribution in [2.75, 3.05) is 13.2 Å². The maximum atomic E-state index is 12.5. The molecule has 7 nitrogen and oxygen atoms in total. The van der Waals surface area contributed by atoms with E-state index in [1.54, 1.807) is 0 Å². The molecule has 0 bridgehead atoms. The minimum atomic E-state index is -0.845. The molecule has 3 N–H and O–H groups in total. The number of carboxylic acids is 1. The smallest absolute Gasteiger partial charge is 0.407 e. The average molecular weight is 479 g/mol. The lowest BCUT2D eigenvalue weighted by atomic mass is 9.94. The van der Waals surface area contributed by atoms with E-state index in [2.05, 4.69) is 34.9 Å². The summed E-state index contributed by atoms with van der Waals surface area (Å²) in [6.07, 6.45) is 3.79. The van der Waals surface area contributed by atoms with E-state index in [1.165, 1.54) is 11.1 Å². The molecule has 4 rings (SSSR count). The predicted octanol–water partition coefficient (Wildman–Crippen LogP) is 4.70. The number of hydrogen-bond donors (Lipinski definition) is 3. The fourth-order valence-electron chi connectivity index (χ4n) is 5.34. The Morgan fingerprint density at radius 2 is 1.60 bits per heavy atom. The molecule has 3 unspecified atom stereocenters. The highest BCUT2D eigenvalue weighted by molar-refractivity contribution is 5.79. The van der Waals surface area contributed by atoms with Crippen LogP contribution in [0.15, 0.2) is 48.5 Å². The molecule has 2 aliphatic rings. The number of aliphatic carboxylic acids is 1. The molecular weight excluding hydrogens is 444 g/mol. The number of ether oxygens (including phenoxy) is 1. The highest BCUT2D eigenvalue weighted by Gasteiger charge is 2.31. The number of carboxylic acid groups (broad SMARTS) is 1. The number of alkyl carbamates (subject to hydrolysis) is 1. The summed E-state index contributed by atoms with van der Waals surface area (Å²) in [6, 6.07) is 16.0. The first kappa shape index (κ1) is 24.8. The van der Waals surface area contributed by atoms with Crippen LogP contribution >= 0.6 is 0 Å². The topological polar surface area (TPSA) is 105 Å². The standard InChI is InChI=1S/C28H34N2O5/c1-18(15-26(31)30-25-14-4-2-3-13-23(25)27(32)33)16-29-28(34)35-17-24-21-11-7-5-9-19(21)20-10-6-8-12-22(20)24/h5-12,18,23-25H,2-4,13-17H2,1H3,(H,29,34)(H,30,31)(H,32,33). The van der Waals surface area contributed by atoms with Crippen LogP contribution in [-0.2, 0) is 14.3 Å². The van der Waals surface area contributed by atoms with Crippen molar-refractivity contribution in [1.82, 2.24) is 10.6 Å². The second-order valence-corrected chi connectivity index (χ2v) is 9.77. The first-order valence-corrected chi connectivity index (χ1v) is 12.5. The summed E-state index contributed by atoms with van der Waals surface area (Å²) in [5, 5.41) is 15.2. The van der Waals surface area contributed by atoms with Gasteiger partial charge in [-0.2, -0.15) is 0 Å². The van der Waals surface area contributed by atoms with Crippen LogP contribution in [0, 0.1) is 11.8 Å². The predicted molar refractivity (Wildman–Crippen MR) is 133 cm³/mol. The van der Waals surface area contributed by atoms with E-state index in [1.807, 2.05) is 31.2 Å². The lowest BCUT2D eigenvalue weighted by molar-refractivity contribution is -0.143. The van der Waals surface area contributed by atoms with Crippen molar-refractivity contribution >= 4 is 18.0 Å². The Morgan fingerprint density at radius 3 is 2.26 bits per heavy atom. The van der Waals surface area contributed by atoms with Gasteiger partial charge < -0.3 is 20.5 Å². The summed E-state index contributed by atoms with van der Waals surface area (Å²) in [7, 11) is 0. The van der Waals surface area contributed by atoms with Crippen LogP contribution in [0.5, 0.6) is 0 Å². The van der Waals surface area contributed by atoms with Crippen molar-refractivity contribution in [3.8, 4) is 11.1 Å². The van der Waals surface area contributed by atoms with Crippen LogP contribution in [0.25, 0.3) is 11.1 Å². The molecule has 0 heterocycles. The van der Waals surface area contributed by atoms with Crippen LogP contribution in [0.4, 0.5) is 4.79 Å². The molecule has 1 fully saturated rings. The first-order valence-electron chi connectivity index (χ1n) is 12.5. The van der Waals surface area contributed by atoms with Gasteiger partial charge in [0.2, 0.25) is 5.91 Å². The maximum absolute atomic E-state index is 12.5. The van der Waals surface area contributed by atoms with E-state index in [-0.39, 0.29) is 36.8 Å². The number of carbonyl (C=O) groups is 3. The summed E-state index contributed by atoms with van der Waals surface area (Å²) in [4.78, 5) is 36.5. The Bertz CT molecular complexity index is 1020. The average Bonchev–Trinajstić information content (AvgIpc) is 2.97. The SMILES string of the molecule is CC(CNC(=O)OCC1c2ccccc2-c2ccccc21)CC(=O)NC1CCCCCC1C(=O)O. The van der Waals surface area contributed by atoms with E-state index in [9.17, 15) is 19.5 Å². The van der Waals surface area contributed by atoms with Gasteiger partial charge in [0.25, 0.3) is 0 Å². The summed E-state index contributed by atoms with van der Waals surface area (Å²) in [5.74, 6) is -1.66. The molecule has 0 aromatic heterocycles. The Morgan fingerprint density at radius 1 is 0.971 bits per heavy atom. The van der Waals surface area contributed by atoms with Gasteiger partial charge in [-0.1, -0.05) is 74.7 Å². The van der Waals surface area contributed by atoms with Gasteiger partial charge >= 0.3 is 12.1 Å². The van der Waals surface area contributed by atoms with Crippen molar-refractivity contribution < 1.29 is 24.2 Å². The lowest BCUT2D eigenvalue weighted by Gasteiger charge is -2.23. The van der Waals surface area contributed by atoms with Gasteiger partial charge in [-0.05, 0) is 41.0 Å². The molecule has 35 heavy (non-hydrogen) atoms. The third kappa shape index (κ3) is 6.02. The maximum Gasteiger partial charge on any atom is 0.407 e. The van der Waals surface area contributed by atoms with Gasteiger partial charge in [0, 0.05) is 24.9 Å². The monoisotopic (exact) mass is 478 g/mol. The van der Waals surface area contributed by atoms with E-state index >= 15 is 0 Å². The van der Waals surface area contributed by atoms with E-state index < -0.39 is 18.0 Å². The second-order valence-electron chi connectivity index (χ2n) is 9.77. The largest absolute Gasteiger partial charge is 0.481 e. The summed E-state index contributed by atoms with van der Waals surface area (Å²) in [5.41, 5.74) is 4.67. The van der Waals surface area contributed by atoms with Crippen molar-refractivity contribution in [3.63, 3.8) is 0 Å². The van der Waals surface area contributed by atoms with Crippen molar-refractivity contribution in [1.29, 1.82) is 0 Å². The van der Waals surface area contributed by atoms with Crippen LogP contribution in [0.2, 0.25) is 0 Å². The molecule has 0 aliphatic heterocycles. The van der Waals surface area contributed by atoms with E-state index in [4.69, 9.17) is 4.74 Å². The van der Waals surface area contributed by atoms with Crippen LogP contribution in [-0.4, -0.2) is 42.3 Å². The number of fused-ring (bicyclic) bond motifs is 3. The lowest BCUT2D eigenvalue weighted by Crippen LogP contribution is -2.43. The van der Waals surface area contributed by atoms with E-state index in [0.29, 0.717) is 19.4 Å².